The topological polar surface area (TPSA) is 126 Å². The Bertz CT molecular complexity index is 752. The van der Waals surface area contributed by atoms with Gasteiger partial charge in [0.05, 0.1) is 13.2 Å². The van der Waals surface area contributed by atoms with Gasteiger partial charge in [-0.05, 0) is 24.7 Å². The normalized spacial score (nSPS) is 22.5. The molecule has 1 aliphatic rings. The highest BCUT2D eigenvalue weighted by atomic mass is 16.6. The van der Waals surface area contributed by atoms with E-state index in [0.29, 0.717) is 13.0 Å². The van der Waals surface area contributed by atoms with Crippen molar-refractivity contribution in [2.24, 2.45) is 11.8 Å². The average molecular weight is 715 g/mol. The second-order valence-electron chi connectivity index (χ2n) is 15.8. The van der Waals surface area contributed by atoms with E-state index in [1.54, 1.807) is 0 Å². The molecule has 1 unspecified atom stereocenters. The Morgan fingerprint density at radius 2 is 0.920 bits per heavy atom. The van der Waals surface area contributed by atoms with Gasteiger partial charge in [-0.15, -0.1) is 0 Å². The fourth-order valence-electron chi connectivity index (χ4n) is 7.16. The van der Waals surface area contributed by atoms with Gasteiger partial charge in [-0.3, -0.25) is 4.79 Å². The zero-order valence-electron chi connectivity index (χ0n) is 33.0. The minimum atomic E-state index is -1.49. The Hall–Kier alpha value is -0.770. The lowest BCUT2D eigenvalue weighted by Gasteiger charge is -2.24. The van der Waals surface area contributed by atoms with Crippen molar-refractivity contribution >= 4 is 5.97 Å². The Morgan fingerprint density at radius 1 is 0.520 bits per heavy atom. The molecular weight excluding hydrogens is 632 g/mol. The van der Waals surface area contributed by atoms with Gasteiger partial charge in [-0.1, -0.05) is 175 Å². The van der Waals surface area contributed by atoms with Crippen LogP contribution in [0.2, 0.25) is 0 Å². The Kier molecular flexibility index (Phi) is 30.0. The summed E-state index contributed by atoms with van der Waals surface area (Å²) in [5.41, 5.74) is 0. The lowest BCUT2D eigenvalue weighted by atomic mass is 9.96. The van der Waals surface area contributed by atoms with Crippen LogP contribution < -0.4 is 0 Å². The molecular formula is C42H82O8. The SMILES string of the molecule is CCCCCC[C@@H](C)CCCCCCCCC(=O)O[C@@H](COCCCCCCCCC[C@@H](C)CCCCCC)COC1[C@@H](O)[C@H](O)[C@H](O)[C@H]1O. The molecule has 1 fully saturated rings. The van der Waals surface area contributed by atoms with Crippen LogP contribution in [0, 0.1) is 11.8 Å². The number of carbonyl (C=O) groups excluding carboxylic acids is 1. The minimum Gasteiger partial charge on any atom is -0.457 e. The number of ether oxygens (including phenoxy) is 3. The van der Waals surface area contributed by atoms with Gasteiger partial charge in [-0.2, -0.15) is 0 Å². The molecule has 0 aromatic heterocycles. The summed E-state index contributed by atoms with van der Waals surface area (Å²) in [6, 6.07) is 0. The fourth-order valence-corrected chi connectivity index (χ4v) is 7.16. The summed E-state index contributed by atoms with van der Waals surface area (Å²) in [4.78, 5) is 12.7. The third-order valence-electron chi connectivity index (χ3n) is 10.7. The molecule has 8 heteroatoms. The number of aliphatic hydroxyl groups is 4. The molecule has 50 heavy (non-hydrogen) atoms. The van der Waals surface area contributed by atoms with Crippen molar-refractivity contribution in [3.8, 4) is 0 Å². The quantitative estimate of drug-likeness (QED) is 0.0378. The summed E-state index contributed by atoms with van der Waals surface area (Å²) in [5.74, 6) is 1.37. The second kappa shape index (κ2) is 31.7. The van der Waals surface area contributed by atoms with Crippen molar-refractivity contribution in [2.45, 2.75) is 231 Å². The Morgan fingerprint density at radius 3 is 1.38 bits per heavy atom. The first-order valence-corrected chi connectivity index (χ1v) is 21.3. The van der Waals surface area contributed by atoms with Crippen LogP contribution in [0.15, 0.2) is 0 Å². The molecule has 0 spiro atoms. The maximum Gasteiger partial charge on any atom is 0.306 e. The van der Waals surface area contributed by atoms with E-state index in [0.717, 1.165) is 43.9 Å². The van der Waals surface area contributed by atoms with Gasteiger partial charge in [0.1, 0.15) is 36.6 Å². The first-order valence-electron chi connectivity index (χ1n) is 21.3. The van der Waals surface area contributed by atoms with Crippen molar-refractivity contribution < 1.29 is 39.4 Å². The van der Waals surface area contributed by atoms with Crippen LogP contribution in [-0.2, 0) is 19.0 Å². The first-order chi connectivity index (χ1) is 24.2. The highest BCUT2D eigenvalue weighted by Crippen LogP contribution is 2.25. The number of rotatable bonds is 35. The van der Waals surface area contributed by atoms with Crippen LogP contribution >= 0.6 is 0 Å². The van der Waals surface area contributed by atoms with Crippen molar-refractivity contribution in [1.82, 2.24) is 0 Å². The lowest BCUT2D eigenvalue weighted by molar-refractivity contribution is -0.163. The van der Waals surface area contributed by atoms with E-state index in [1.165, 1.54) is 128 Å². The number of hydrogen-bond acceptors (Lipinski definition) is 8. The van der Waals surface area contributed by atoms with E-state index < -0.39 is 36.6 Å². The van der Waals surface area contributed by atoms with Crippen molar-refractivity contribution in [3.63, 3.8) is 0 Å². The third kappa shape index (κ3) is 23.7. The van der Waals surface area contributed by atoms with E-state index in [4.69, 9.17) is 14.2 Å². The van der Waals surface area contributed by atoms with Gasteiger partial charge >= 0.3 is 5.97 Å². The summed E-state index contributed by atoms with van der Waals surface area (Å²) in [5, 5.41) is 40.2. The number of aliphatic hydroxyl groups excluding tert-OH is 4. The van der Waals surface area contributed by atoms with Crippen LogP contribution in [0.4, 0.5) is 0 Å². The molecule has 0 amide bonds. The van der Waals surface area contributed by atoms with E-state index in [1.807, 2.05) is 0 Å². The summed E-state index contributed by atoms with van der Waals surface area (Å²) in [7, 11) is 0. The molecule has 0 aromatic rings. The second-order valence-corrected chi connectivity index (χ2v) is 15.8. The molecule has 1 aliphatic carbocycles. The summed E-state index contributed by atoms with van der Waals surface area (Å²) in [6.07, 6.45) is 23.9. The summed E-state index contributed by atoms with van der Waals surface area (Å²) < 4.78 is 17.3. The molecule has 0 bridgehead atoms. The molecule has 8 nitrogen and oxygen atoms in total. The van der Waals surface area contributed by atoms with E-state index in [9.17, 15) is 25.2 Å². The highest BCUT2D eigenvalue weighted by Gasteiger charge is 2.49. The van der Waals surface area contributed by atoms with Gasteiger partial charge in [0.2, 0.25) is 0 Å². The first kappa shape index (κ1) is 47.3. The standard InChI is InChI=1S/C42H82O8/c1-5-7-9-20-26-34(3)28-22-16-12-11-15-19-25-31-48-32-36(33-49-42-40(46)38(44)39(45)41(42)47)50-37(43)30-24-18-14-13-17-23-29-35(4)27-21-10-8-6-2/h34-36,38-42,44-47H,5-33H2,1-4H3/t34-,35+,36-,38-,39+,40+,41-,42?/m0/s1. The van der Waals surface area contributed by atoms with E-state index in [-0.39, 0.29) is 19.2 Å². The van der Waals surface area contributed by atoms with E-state index >= 15 is 0 Å². The van der Waals surface area contributed by atoms with Gasteiger partial charge < -0.3 is 34.6 Å². The largest absolute Gasteiger partial charge is 0.457 e. The molecule has 4 N–H and O–H groups in total. The maximum atomic E-state index is 12.7. The Balaban J connectivity index is 2.25. The highest BCUT2D eigenvalue weighted by molar-refractivity contribution is 5.69. The summed E-state index contributed by atoms with van der Waals surface area (Å²) >= 11 is 0. The molecule has 0 saturated heterocycles. The summed E-state index contributed by atoms with van der Waals surface area (Å²) in [6.45, 7) is 9.93. The molecule has 0 radical (unpaired) electrons. The van der Waals surface area contributed by atoms with Gasteiger partial charge in [0.15, 0.2) is 0 Å². The van der Waals surface area contributed by atoms with Crippen molar-refractivity contribution in [3.05, 3.63) is 0 Å². The van der Waals surface area contributed by atoms with E-state index in [2.05, 4.69) is 27.7 Å². The molecule has 8 atom stereocenters. The molecule has 298 valence electrons. The molecule has 0 aliphatic heterocycles. The monoisotopic (exact) mass is 715 g/mol. The zero-order valence-corrected chi connectivity index (χ0v) is 33.0. The predicted molar refractivity (Wildman–Crippen MR) is 204 cm³/mol. The van der Waals surface area contributed by atoms with Crippen LogP contribution in [-0.4, -0.2) is 82.8 Å². The van der Waals surface area contributed by atoms with Gasteiger partial charge in [0, 0.05) is 13.0 Å². The smallest absolute Gasteiger partial charge is 0.306 e. The lowest BCUT2D eigenvalue weighted by Crippen LogP contribution is -2.39. The van der Waals surface area contributed by atoms with Crippen LogP contribution in [0.3, 0.4) is 0 Å². The van der Waals surface area contributed by atoms with Crippen LogP contribution in [0.25, 0.3) is 0 Å². The van der Waals surface area contributed by atoms with Crippen molar-refractivity contribution in [1.29, 1.82) is 0 Å². The number of carbonyl (C=O) groups is 1. The zero-order chi connectivity index (χ0) is 36.8. The van der Waals surface area contributed by atoms with Gasteiger partial charge in [0.25, 0.3) is 0 Å². The molecule has 0 heterocycles. The van der Waals surface area contributed by atoms with Gasteiger partial charge in [-0.25, -0.2) is 0 Å². The number of unbranched alkanes of at least 4 members (excludes halogenated alkanes) is 17. The Labute approximate surface area is 307 Å². The van der Waals surface area contributed by atoms with Crippen LogP contribution in [0.5, 0.6) is 0 Å². The fraction of sp³-hybridized carbons (Fsp3) is 0.976. The maximum absolute atomic E-state index is 12.7. The molecule has 0 aromatic carbocycles. The van der Waals surface area contributed by atoms with Crippen molar-refractivity contribution in [2.75, 3.05) is 19.8 Å². The average Bonchev–Trinajstić information content (AvgIpc) is 3.28. The molecule has 1 saturated carbocycles. The third-order valence-corrected chi connectivity index (χ3v) is 10.7. The number of hydrogen-bond donors (Lipinski definition) is 4. The minimum absolute atomic E-state index is 0.0989. The molecule has 1 rings (SSSR count). The predicted octanol–water partition coefficient (Wildman–Crippen LogP) is 9.21. The number of esters is 1. The van der Waals surface area contributed by atoms with Crippen LogP contribution in [0.1, 0.15) is 195 Å².